The zero-order chi connectivity index (χ0) is 14.2. The summed E-state index contributed by atoms with van der Waals surface area (Å²) in [4.78, 5) is 11.0. The van der Waals surface area contributed by atoms with Gasteiger partial charge in [-0.15, -0.1) is 0 Å². The van der Waals surface area contributed by atoms with E-state index in [1.165, 1.54) is 24.3 Å². The molecule has 0 bridgehead atoms. The molecule has 19 heavy (non-hydrogen) atoms. The van der Waals surface area contributed by atoms with E-state index < -0.39 is 23.4 Å². The Morgan fingerprint density at radius 2 is 1.74 bits per heavy atom. The summed E-state index contributed by atoms with van der Waals surface area (Å²) in [6.07, 6.45) is -3.65. The zero-order valence-electron chi connectivity index (χ0n) is 9.28. The van der Waals surface area contributed by atoms with E-state index in [0.717, 1.165) is 16.8 Å². The molecule has 0 aliphatic carbocycles. The maximum Gasteiger partial charge on any atom is 0.418 e. The zero-order valence-corrected chi connectivity index (χ0v) is 10.0. The van der Waals surface area contributed by atoms with Crippen LogP contribution in [-0.4, -0.2) is 15.6 Å². The molecular formula is C12H7ClF3NO2. The summed E-state index contributed by atoms with van der Waals surface area (Å²) in [7, 11) is 0. The molecule has 0 aliphatic rings. The second-order valence-electron chi connectivity index (χ2n) is 3.73. The highest BCUT2D eigenvalue weighted by molar-refractivity contribution is 6.30. The molecule has 1 aromatic carbocycles. The molecule has 100 valence electrons. The number of halogens is 4. The van der Waals surface area contributed by atoms with Crippen molar-refractivity contribution in [2.24, 2.45) is 0 Å². The number of hydrogen-bond acceptors (Lipinski definition) is 1. The van der Waals surface area contributed by atoms with Crippen molar-refractivity contribution in [3.63, 3.8) is 0 Å². The highest BCUT2D eigenvalue weighted by Crippen LogP contribution is 2.34. The van der Waals surface area contributed by atoms with Crippen LogP contribution in [0.15, 0.2) is 36.5 Å². The smallest absolute Gasteiger partial charge is 0.418 e. The molecule has 0 atom stereocenters. The van der Waals surface area contributed by atoms with Crippen molar-refractivity contribution in [1.29, 1.82) is 0 Å². The van der Waals surface area contributed by atoms with Gasteiger partial charge in [0.1, 0.15) is 5.69 Å². The van der Waals surface area contributed by atoms with E-state index in [1.807, 2.05) is 0 Å². The van der Waals surface area contributed by atoms with Crippen molar-refractivity contribution < 1.29 is 23.1 Å². The fourth-order valence-corrected chi connectivity index (χ4v) is 1.82. The summed E-state index contributed by atoms with van der Waals surface area (Å²) in [5, 5.41) is 9.37. The summed E-state index contributed by atoms with van der Waals surface area (Å²) in [5.74, 6) is -1.65. The monoisotopic (exact) mass is 289 g/mol. The van der Waals surface area contributed by atoms with Crippen molar-refractivity contribution >= 4 is 17.6 Å². The van der Waals surface area contributed by atoms with E-state index in [4.69, 9.17) is 16.7 Å². The summed E-state index contributed by atoms with van der Waals surface area (Å²) in [6.45, 7) is 0. The Morgan fingerprint density at radius 1 is 1.16 bits per heavy atom. The van der Waals surface area contributed by atoms with E-state index in [9.17, 15) is 18.0 Å². The van der Waals surface area contributed by atoms with Gasteiger partial charge in [0.2, 0.25) is 0 Å². The summed E-state index contributed by atoms with van der Waals surface area (Å²) >= 11 is 5.67. The van der Waals surface area contributed by atoms with Gasteiger partial charge in [0.05, 0.1) is 5.56 Å². The number of alkyl halides is 3. The molecule has 0 unspecified atom stereocenters. The third-order valence-corrected chi connectivity index (χ3v) is 2.75. The number of carboxylic acid groups (broad SMARTS) is 1. The van der Waals surface area contributed by atoms with E-state index >= 15 is 0 Å². The second-order valence-corrected chi connectivity index (χ2v) is 4.16. The minimum absolute atomic E-state index is 0.289. The van der Waals surface area contributed by atoms with Crippen LogP contribution in [0.4, 0.5) is 13.2 Å². The lowest BCUT2D eigenvalue weighted by Crippen LogP contribution is -2.14. The Kier molecular flexibility index (Phi) is 3.28. The summed E-state index contributed by atoms with van der Waals surface area (Å²) in [5.41, 5.74) is -1.72. The highest BCUT2D eigenvalue weighted by Gasteiger charge is 2.37. The summed E-state index contributed by atoms with van der Waals surface area (Å²) < 4.78 is 39.1. The van der Waals surface area contributed by atoms with Gasteiger partial charge in [-0.3, -0.25) is 0 Å². The van der Waals surface area contributed by atoms with Gasteiger partial charge in [-0.25, -0.2) is 4.79 Å². The molecule has 0 fully saturated rings. The van der Waals surface area contributed by atoms with Gasteiger partial charge in [0, 0.05) is 16.9 Å². The molecule has 0 amide bonds. The van der Waals surface area contributed by atoms with Crippen LogP contribution >= 0.6 is 11.6 Å². The number of benzene rings is 1. The first-order valence-corrected chi connectivity index (χ1v) is 5.46. The lowest BCUT2D eigenvalue weighted by Gasteiger charge is -2.10. The second kappa shape index (κ2) is 4.62. The van der Waals surface area contributed by atoms with Crippen LogP contribution in [0, 0.1) is 0 Å². The first-order chi connectivity index (χ1) is 8.80. The van der Waals surface area contributed by atoms with Gasteiger partial charge in [-0.05, 0) is 30.3 Å². The fraction of sp³-hybridized carbons (Fsp3) is 0.0833. The summed E-state index contributed by atoms with van der Waals surface area (Å²) in [6, 6.07) is 6.55. The van der Waals surface area contributed by atoms with Crippen LogP contribution in [0.25, 0.3) is 5.69 Å². The Morgan fingerprint density at radius 3 is 2.21 bits per heavy atom. The maximum atomic E-state index is 12.7. The minimum atomic E-state index is -4.72. The van der Waals surface area contributed by atoms with Gasteiger partial charge >= 0.3 is 12.1 Å². The molecule has 0 aliphatic heterocycles. The average molecular weight is 290 g/mol. The van der Waals surface area contributed by atoms with Crippen LogP contribution in [0.2, 0.25) is 5.02 Å². The van der Waals surface area contributed by atoms with Gasteiger partial charge < -0.3 is 9.67 Å². The highest BCUT2D eigenvalue weighted by atomic mass is 35.5. The predicted octanol–water partition coefficient (Wildman–Crippen LogP) is 3.85. The molecule has 1 N–H and O–H groups in total. The SMILES string of the molecule is O=C(O)c1c(C(F)(F)F)ccn1-c1ccc(Cl)cc1. The van der Waals surface area contributed by atoms with Gasteiger partial charge in [-0.2, -0.15) is 13.2 Å². The van der Waals surface area contributed by atoms with Crippen LogP contribution < -0.4 is 0 Å². The Bertz CT molecular complexity index is 617. The number of hydrogen-bond donors (Lipinski definition) is 1. The molecule has 0 saturated heterocycles. The maximum absolute atomic E-state index is 12.7. The van der Waals surface area contributed by atoms with E-state index in [0.29, 0.717) is 5.02 Å². The normalized spacial score (nSPS) is 11.6. The van der Waals surface area contributed by atoms with E-state index in [2.05, 4.69) is 0 Å². The number of aromatic nitrogens is 1. The quantitative estimate of drug-likeness (QED) is 0.912. The Labute approximate surface area is 110 Å². The molecule has 3 nitrogen and oxygen atoms in total. The molecule has 0 radical (unpaired) electrons. The first-order valence-electron chi connectivity index (χ1n) is 5.08. The molecule has 0 spiro atoms. The number of rotatable bonds is 2. The largest absolute Gasteiger partial charge is 0.477 e. The van der Waals surface area contributed by atoms with Crippen molar-refractivity contribution in [3.8, 4) is 5.69 Å². The number of aromatic carboxylic acids is 1. The minimum Gasteiger partial charge on any atom is -0.477 e. The number of carboxylic acids is 1. The van der Waals surface area contributed by atoms with Crippen LogP contribution in [0.5, 0.6) is 0 Å². The van der Waals surface area contributed by atoms with Crippen molar-refractivity contribution in [2.45, 2.75) is 6.18 Å². The lowest BCUT2D eigenvalue weighted by atomic mass is 10.2. The predicted molar refractivity (Wildman–Crippen MR) is 62.7 cm³/mol. The van der Waals surface area contributed by atoms with E-state index in [-0.39, 0.29) is 5.69 Å². The van der Waals surface area contributed by atoms with Crippen molar-refractivity contribution in [2.75, 3.05) is 0 Å². The molecular weight excluding hydrogens is 283 g/mol. The molecule has 1 aromatic heterocycles. The average Bonchev–Trinajstić information content (AvgIpc) is 2.74. The van der Waals surface area contributed by atoms with Crippen molar-refractivity contribution in [3.05, 3.63) is 52.8 Å². The number of nitrogens with zero attached hydrogens (tertiary/aromatic N) is 1. The topological polar surface area (TPSA) is 42.2 Å². The lowest BCUT2D eigenvalue weighted by molar-refractivity contribution is -0.138. The Balaban J connectivity index is 2.62. The first kappa shape index (κ1) is 13.5. The third kappa shape index (κ3) is 2.58. The third-order valence-electron chi connectivity index (χ3n) is 2.50. The van der Waals surface area contributed by atoms with Gasteiger partial charge in [0.25, 0.3) is 0 Å². The van der Waals surface area contributed by atoms with Gasteiger partial charge in [0.15, 0.2) is 0 Å². The van der Waals surface area contributed by atoms with E-state index in [1.54, 1.807) is 0 Å². The number of carbonyl (C=O) groups is 1. The van der Waals surface area contributed by atoms with Crippen LogP contribution in [-0.2, 0) is 6.18 Å². The molecule has 2 rings (SSSR count). The molecule has 2 aromatic rings. The molecule has 0 saturated carbocycles. The molecule has 1 heterocycles. The fourth-order valence-electron chi connectivity index (χ4n) is 1.70. The molecule has 7 heteroatoms. The standard InChI is InChI=1S/C12H7ClF3NO2/c13-7-1-3-8(4-2-7)17-6-5-9(12(14,15)16)10(17)11(18)19/h1-6H,(H,18,19). The van der Waals surface area contributed by atoms with Gasteiger partial charge in [-0.1, -0.05) is 11.6 Å². The Hall–Kier alpha value is -1.95. The van der Waals surface area contributed by atoms with Crippen LogP contribution in [0.1, 0.15) is 16.1 Å². The van der Waals surface area contributed by atoms with Crippen molar-refractivity contribution in [1.82, 2.24) is 4.57 Å². The van der Waals surface area contributed by atoms with Crippen LogP contribution in [0.3, 0.4) is 0 Å².